The van der Waals surface area contributed by atoms with Crippen LogP contribution in [0, 0.1) is 11.8 Å². The van der Waals surface area contributed by atoms with Gasteiger partial charge in [0.2, 0.25) is 11.8 Å². The van der Waals surface area contributed by atoms with Gasteiger partial charge in [-0.05, 0) is 42.7 Å². The van der Waals surface area contributed by atoms with Crippen LogP contribution in [0.3, 0.4) is 0 Å². The van der Waals surface area contributed by atoms with Crippen molar-refractivity contribution >= 4 is 29.4 Å². The number of hydrogen-bond donors (Lipinski definition) is 2. The molecule has 45 heavy (non-hydrogen) atoms. The molecule has 0 unspecified atom stereocenters. The molecule has 1 spiro atoms. The first-order chi connectivity index (χ1) is 21.9. The Balaban J connectivity index is 1.42. The Morgan fingerprint density at radius 2 is 1.80 bits per heavy atom. The first-order valence-electron chi connectivity index (χ1n) is 15.3. The number of amides is 3. The van der Waals surface area contributed by atoms with E-state index in [1.165, 1.54) is 4.90 Å². The summed E-state index contributed by atoms with van der Waals surface area (Å²) in [5.41, 5.74) is -0.0436. The fourth-order valence-electron chi connectivity index (χ4n) is 6.88. The number of benzene rings is 2. The van der Waals surface area contributed by atoms with Crippen molar-refractivity contribution in [3.05, 3.63) is 84.5 Å². The molecule has 0 saturated carbocycles. The van der Waals surface area contributed by atoms with Gasteiger partial charge in [0.1, 0.15) is 24.0 Å². The van der Waals surface area contributed by atoms with Crippen LogP contribution in [0.1, 0.15) is 30.9 Å². The number of carbonyl (C=O) groups excluding carboxylic acids is 4. The van der Waals surface area contributed by atoms with Crippen LogP contribution in [-0.4, -0.2) is 84.9 Å². The minimum absolute atomic E-state index is 0.0783. The summed E-state index contributed by atoms with van der Waals surface area (Å²) in [5, 5.41) is 12.7. The average Bonchev–Trinajstić information content (AvgIpc) is 3.70. The monoisotopic (exact) mass is 615 g/mol. The van der Waals surface area contributed by atoms with Gasteiger partial charge >= 0.3 is 5.97 Å². The standard InChI is InChI=1S/C34H37N3O8/c1-43-24-14-12-23(13-15-24)36-18-7-3-6-11-27(39)44-21-25(22-9-4-2-5-10-22)35-31(40)28-26-16-17-34(45-26)29(28)32(41)37(19-8-20-38)30(34)33(36)42/h2-5,7,9-10,12-17,25-26,28-30,38H,6,8,11,18-21H2,1H3,(H,35,40)/b7-3-/t25-,26-,28+,29+,30-,34+/m0/s1. The largest absolute Gasteiger partial charge is 0.497 e. The van der Waals surface area contributed by atoms with E-state index in [0.29, 0.717) is 17.9 Å². The molecule has 6 rings (SSSR count). The van der Waals surface area contributed by atoms with Crippen molar-refractivity contribution in [2.24, 2.45) is 11.8 Å². The van der Waals surface area contributed by atoms with Crippen molar-refractivity contribution in [3.8, 4) is 5.75 Å². The predicted molar refractivity (Wildman–Crippen MR) is 163 cm³/mol. The Morgan fingerprint density at radius 3 is 2.53 bits per heavy atom. The van der Waals surface area contributed by atoms with Gasteiger partial charge in [-0.3, -0.25) is 19.2 Å². The quantitative estimate of drug-likeness (QED) is 0.374. The van der Waals surface area contributed by atoms with Crippen LogP contribution in [0.4, 0.5) is 5.69 Å². The summed E-state index contributed by atoms with van der Waals surface area (Å²) in [5.74, 6) is -2.84. The van der Waals surface area contributed by atoms with Crippen molar-refractivity contribution in [2.75, 3.05) is 38.3 Å². The summed E-state index contributed by atoms with van der Waals surface area (Å²) < 4.78 is 17.4. The Morgan fingerprint density at radius 1 is 1.02 bits per heavy atom. The Hall–Kier alpha value is -4.48. The maximum Gasteiger partial charge on any atom is 0.306 e. The molecule has 11 nitrogen and oxygen atoms in total. The number of carbonyl (C=O) groups is 4. The first-order valence-corrected chi connectivity index (χ1v) is 15.3. The number of fused-ring (bicyclic) bond motifs is 2. The number of allylic oxidation sites excluding steroid dienone is 1. The molecule has 2 aromatic rings. The molecule has 6 atom stereocenters. The molecular weight excluding hydrogens is 578 g/mol. The van der Waals surface area contributed by atoms with E-state index in [4.69, 9.17) is 14.2 Å². The highest BCUT2D eigenvalue weighted by molar-refractivity contribution is 6.05. The van der Waals surface area contributed by atoms with Gasteiger partial charge < -0.3 is 34.4 Å². The van der Waals surface area contributed by atoms with Gasteiger partial charge in [0.25, 0.3) is 5.91 Å². The molecule has 0 aromatic heterocycles. The van der Waals surface area contributed by atoms with Crippen LogP contribution < -0.4 is 15.0 Å². The molecular formula is C34H37N3O8. The van der Waals surface area contributed by atoms with Gasteiger partial charge in [-0.15, -0.1) is 0 Å². The summed E-state index contributed by atoms with van der Waals surface area (Å²) in [4.78, 5) is 58.6. The van der Waals surface area contributed by atoms with Gasteiger partial charge in [-0.25, -0.2) is 0 Å². The highest BCUT2D eigenvalue weighted by atomic mass is 16.5. The second-order valence-electron chi connectivity index (χ2n) is 11.6. The number of anilines is 1. The molecule has 236 valence electrons. The lowest BCUT2D eigenvalue weighted by Crippen LogP contribution is -2.56. The average molecular weight is 616 g/mol. The van der Waals surface area contributed by atoms with Crippen molar-refractivity contribution < 1.29 is 38.5 Å². The zero-order chi connectivity index (χ0) is 31.6. The van der Waals surface area contributed by atoms with Gasteiger partial charge in [0.05, 0.1) is 31.1 Å². The Labute approximate surface area is 261 Å². The van der Waals surface area contributed by atoms with E-state index < -0.39 is 47.5 Å². The van der Waals surface area contributed by atoms with Crippen LogP contribution in [0.2, 0.25) is 0 Å². The second kappa shape index (κ2) is 12.9. The number of nitrogens with one attached hydrogen (secondary N) is 1. The zero-order valence-corrected chi connectivity index (χ0v) is 25.0. The normalized spacial score (nSPS) is 30.7. The van der Waals surface area contributed by atoms with E-state index >= 15 is 0 Å². The summed E-state index contributed by atoms with van der Waals surface area (Å²) in [6, 6.07) is 14.5. The van der Waals surface area contributed by atoms with Crippen molar-refractivity contribution in [1.82, 2.24) is 10.2 Å². The van der Waals surface area contributed by atoms with E-state index in [1.54, 1.807) is 54.5 Å². The molecule has 11 heteroatoms. The van der Waals surface area contributed by atoms with E-state index in [9.17, 15) is 24.3 Å². The molecule has 2 aromatic carbocycles. The molecule has 4 heterocycles. The third-order valence-corrected chi connectivity index (χ3v) is 9.02. The van der Waals surface area contributed by atoms with Gasteiger partial charge in [0.15, 0.2) is 0 Å². The minimum Gasteiger partial charge on any atom is -0.497 e. The summed E-state index contributed by atoms with van der Waals surface area (Å²) in [6.07, 6.45) is 7.19. The molecule has 2 fully saturated rings. The fourth-order valence-corrected chi connectivity index (χ4v) is 6.88. The third-order valence-electron chi connectivity index (χ3n) is 9.02. The molecule has 5 bridgehead atoms. The Bertz CT molecular complexity index is 1490. The van der Waals surface area contributed by atoms with Gasteiger partial charge in [-0.1, -0.05) is 54.6 Å². The highest BCUT2D eigenvalue weighted by Crippen LogP contribution is 2.55. The van der Waals surface area contributed by atoms with E-state index in [-0.39, 0.29) is 51.0 Å². The van der Waals surface area contributed by atoms with Crippen LogP contribution >= 0.6 is 0 Å². The van der Waals surface area contributed by atoms with Crippen molar-refractivity contribution in [2.45, 2.75) is 43.1 Å². The number of rotatable bonds is 6. The summed E-state index contributed by atoms with van der Waals surface area (Å²) >= 11 is 0. The predicted octanol–water partition coefficient (Wildman–Crippen LogP) is 2.31. The number of likely N-dealkylation sites (tertiary alicyclic amines) is 1. The van der Waals surface area contributed by atoms with Crippen LogP contribution in [0.15, 0.2) is 78.9 Å². The smallest absolute Gasteiger partial charge is 0.306 e. The fraction of sp³-hybridized carbons (Fsp3) is 0.412. The van der Waals surface area contributed by atoms with Crippen LogP contribution in [0.25, 0.3) is 0 Å². The van der Waals surface area contributed by atoms with Crippen molar-refractivity contribution in [3.63, 3.8) is 0 Å². The number of aliphatic hydroxyl groups excluding tert-OH is 1. The number of hydrogen-bond acceptors (Lipinski definition) is 8. The molecule has 3 amide bonds. The minimum atomic E-state index is -1.37. The number of cyclic esters (lactones) is 1. The van der Waals surface area contributed by atoms with Gasteiger partial charge in [-0.2, -0.15) is 0 Å². The number of esters is 1. The van der Waals surface area contributed by atoms with E-state index in [1.807, 2.05) is 36.4 Å². The van der Waals surface area contributed by atoms with E-state index in [2.05, 4.69) is 5.32 Å². The second-order valence-corrected chi connectivity index (χ2v) is 11.6. The number of aliphatic hydroxyl groups is 1. The molecule has 4 aliphatic heterocycles. The third kappa shape index (κ3) is 5.62. The molecule has 4 aliphatic rings. The Kier molecular flexibility index (Phi) is 8.73. The number of nitrogens with zero attached hydrogens (tertiary/aromatic N) is 2. The molecule has 0 aliphatic carbocycles. The zero-order valence-electron chi connectivity index (χ0n) is 25.0. The number of ether oxygens (including phenoxy) is 3. The molecule has 2 N–H and O–H groups in total. The van der Waals surface area contributed by atoms with E-state index in [0.717, 1.165) is 5.56 Å². The van der Waals surface area contributed by atoms with Gasteiger partial charge in [0, 0.05) is 31.8 Å². The van der Waals surface area contributed by atoms with Crippen LogP contribution in [-0.2, 0) is 28.7 Å². The SMILES string of the molecule is COc1ccc(N2C/C=C\CCC(=O)OC[C@@H](c3ccccc3)NC(=O)[C@@H]3[C@@H]4C=C[C@]5(O4)[C@H](C2=O)N(CCCO)C(=O)[C@@H]35)cc1. The molecule has 2 saturated heterocycles. The summed E-state index contributed by atoms with van der Waals surface area (Å²) in [6.45, 7) is 0.0286. The highest BCUT2D eigenvalue weighted by Gasteiger charge is 2.73. The van der Waals surface area contributed by atoms with Crippen LogP contribution in [0.5, 0.6) is 5.75 Å². The van der Waals surface area contributed by atoms with Crippen molar-refractivity contribution in [1.29, 1.82) is 0 Å². The molecule has 0 radical (unpaired) electrons. The summed E-state index contributed by atoms with van der Waals surface area (Å²) in [7, 11) is 1.56. The topological polar surface area (TPSA) is 135 Å². The lowest BCUT2D eigenvalue weighted by molar-refractivity contribution is -0.145. The first kappa shape index (κ1) is 30.5. The lowest BCUT2D eigenvalue weighted by Gasteiger charge is -2.36. The maximum absolute atomic E-state index is 14.7. The maximum atomic E-state index is 14.7. The number of methoxy groups -OCH3 is 1. The lowest BCUT2D eigenvalue weighted by atomic mass is 9.74.